The Bertz CT molecular complexity index is 987. The quantitative estimate of drug-likeness (QED) is 0.350. The Kier molecular flexibility index (Phi) is 3.89. The molecule has 0 bridgehead atoms. The van der Waals surface area contributed by atoms with E-state index in [1.54, 1.807) is 0 Å². The molecule has 0 aromatic heterocycles. The third-order valence-electron chi connectivity index (χ3n) is 4.65. The first kappa shape index (κ1) is 15.8. The van der Waals surface area contributed by atoms with E-state index in [4.69, 9.17) is 9.95 Å². The Morgan fingerprint density at radius 1 is 0.538 bits per heavy atom. The number of anilines is 4. The first-order valence-corrected chi connectivity index (χ1v) is 12.7. The van der Waals surface area contributed by atoms with Gasteiger partial charge in [0.15, 0.2) is 0 Å². The van der Waals surface area contributed by atoms with Gasteiger partial charge in [0.1, 0.15) is 0 Å². The van der Waals surface area contributed by atoms with Gasteiger partial charge in [-0.25, -0.2) is 0 Å². The molecule has 0 amide bonds. The fraction of sp³-hybridized carbons (Fsp3) is 0. The molecule has 0 atom stereocenters. The van der Waals surface area contributed by atoms with E-state index in [1.807, 2.05) is 12.1 Å². The van der Waals surface area contributed by atoms with Crippen molar-refractivity contribution >= 4 is 57.6 Å². The molecule has 0 fully saturated rings. The van der Waals surface area contributed by atoms with Gasteiger partial charge in [-0.1, -0.05) is 0 Å². The molecule has 1 heterocycles. The van der Waals surface area contributed by atoms with E-state index < -0.39 is 14.2 Å². The maximum absolute atomic E-state index is 7.23. The molecule has 1 aliphatic rings. The van der Waals surface area contributed by atoms with Crippen LogP contribution in [-0.2, 0) is 0 Å². The van der Waals surface area contributed by atoms with Crippen LogP contribution in [0.2, 0.25) is 0 Å². The number of halogens is 1. The number of hydrogen-bond donors (Lipinski definition) is 0. The Labute approximate surface area is 162 Å². The summed E-state index contributed by atoms with van der Waals surface area (Å²) in [6.45, 7) is 0. The number of nitrogens with zero attached hydrogens (tertiary/aromatic N) is 2. The van der Waals surface area contributed by atoms with Crippen LogP contribution in [0.25, 0.3) is 10.8 Å². The third-order valence-corrected chi connectivity index (χ3v) is 9.48. The van der Waals surface area contributed by atoms with Crippen molar-refractivity contribution in [3.05, 3.63) is 97.1 Å². The fourth-order valence-corrected chi connectivity index (χ4v) is 8.46. The van der Waals surface area contributed by atoms with E-state index in [-0.39, 0.29) is 0 Å². The first-order valence-electron chi connectivity index (χ1n) is 8.52. The second-order valence-corrected chi connectivity index (χ2v) is 10.4. The Balaban J connectivity index is 1.83. The van der Waals surface area contributed by atoms with Gasteiger partial charge in [-0.2, -0.15) is 0 Å². The van der Waals surface area contributed by atoms with Gasteiger partial charge < -0.3 is 0 Å². The Morgan fingerprint density at radius 3 is 1.46 bits per heavy atom. The Hall–Kier alpha value is -2.41. The first-order chi connectivity index (χ1) is 12.8. The molecule has 0 radical (unpaired) electrons. The van der Waals surface area contributed by atoms with Crippen LogP contribution in [0.3, 0.4) is 0 Å². The monoisotopic (exact) mass is 418 g/mol. The molecular formula is C22H16AsClN2. The molecule has 0 aliphatic carbocycles. The number of para-hydroxylation sites is 2. The molecule has 26 heavy (non-hydrogen) atoms. The van der Waals surface area contributed by atoms with Crippen molar-refractivity contribution in [1.82, 2.24) is 0 Å². The molecule has 0 unspecified atom stereocenters. The molecular weight excluding hydrogens is 403 g/mol. The van der Waals surface area contributed by atoms with Gasteiger partial charge in [-0.15, -0.1) is 0 Å². The van der Waals surface area contributed by atoms with Crippen LogP contribution in [0.5, 0.6) is 0 Å². The molecule has 0 saturated carbocycles. The van der Waals surface area contributed by atoms with Crippen molar-refractivity contribution in [2.24, 2.45) is 0 Å². The zero-order valence-corrected chi connectivity index (χ0v) is 16.6. The van der Waals surface area contributed by atoms with Crippen molar-refractivity contribution in [3.8, 4) is 0 Å². The van der Waals surface area contributed by atoms with Gasteiger partial charge in [0, 0.05) is 0 Å². The van der Waals surface area contributed by atoms with Gasteiger partial charge in [0.25, 0.3) is 0 Å². The van der Waals surface area contributed by atoms with Crippen molar-refractivity contribution in [3.63, 3.8) is 0 Å². The summed E-state index contributed by atoms with van der Waals surface area (Å²) in [6.07, 6.45) is 0. The van der Waals surface area contributed by atoms with Crippen LogP contribution in [0.4, 0.5) is 22.7 Å². The van der Waals surface area contributed by atoms with Gasteiger partial charge in [-0.3, -0.25) is 0 Å². The van der Waals surface area contributed by atoms with E-state index in [1.165, 1.54) is 22.1 Å². The van der Waals surface area contributed by atoms with Gasteiger partial charge in [0.2, 0.25) is 0 Å². The number of benzene rings is 4. The average Bonchev–Trinajstić information content (AvgIpc) is 2.70. The predicted octanol–water partition coefficient (Wildman–Crippen LogP) is 6.35. The standard InChI is InChI=1S/C22H16AsClN2/c24-23-25(18-11-3-1-4-12-18)20-15-7-9-17-10-8-16-21(22(17)20)26(23)19-13-5-2-6-14-19/h1-16H. The molecule has 4 heteroatoms. The summed E-state index contributed by atoms with van der Waals surface area (Å²) >= 11 is -2.12. The summed E-state index contributed by atoms with van der Waals surface area (Å²) in [5.41, 5.74) is 4.69. The van der Waals surface area contributed by atoms with Gasteiger partial charge in [-0.05, 0) is 0 Å². The van der Waals surface area contributed by atoms with E-state index in [0.717, 1.165) is 11.4 Å². The van der Waals surface area contributed by atoms with E-state index in [9.17, 15) is 0 Å². The van der Waals surface area contributed by atoms with Crippen molar-refractivity contribution < 1.29 is 0 Å². The summed E-state index contributed by atoms with van der Waals surface area (Å²) < 4.78 is 4.69. The van der Waals surface area contributed by atoms with Crippen LogP contribution >= 0.6 is 9.95 Å². The normalized spacial score (nSPS) is 14.0. The third kappa shape index (κ3) is 2.41. The molecule has 2 nitrogen and oxygen atoms in total. The molecule has 0 N–H and O–H groups in total. The van der Waals surface area contributed by atoms with E-state index in [0.29, 0.717) is 0 Å². The predicted molar refractivity (Wildman–Crippen MR) is 113 cm³/mol. The van der Waals surface area contributed by atoms with Crippen molar-refractivity contribution in [1.29, 1.82) is 0 Å². The van der Waals surface area contributed by atoms with Crippen LogP contribution < -0.4 is 7.63 Å². The van der Waals surface area contributed by atoms with Gasteiger partial charge in [0.05, 0.1) is 0 Å². The summed E-state index contributed by atoms with van der Waals surface area (Å²) in [5, 5.41) is 2.50. The van der Waals surface area contributed by atoms with Crippen LogP contribution in [-0.4, -0.2) is 14.2 Å². The van der Waals surface area contributed by atoms with Crippen molar-refractivity contribution in [2.75, 3.05) is 7.63 Å². The van der Waals surface area contributed by atoms with Crippen LogP contribution in [0.1, 0.15) is 0 Å². The van der Waals surface area contributed by atoms with E-state index in [2.05, 4.69) is 92.6 Å². The summed E-state index contributed by atoms with van der Waals surface area (Å²) in [6, 6.07) is 33.9. The molecule has 5 rings (SSSR count). The van der Waals surface area contributed by atoms with Crippen molar-refractivity contribution in [2.45, 2.75) is 0 Å². The molecule has 4 aromatic carbocycles. The number of hydrogen-bond acceptors (Lipinski definition) is 2. The summed E-state index contributed by atoms with van der Waals surface area (Å²) in [4.78, 5) is 0. The minimum atomic E-state index is -2.12. The number of rotatable bonds is 2. The molecule has 1 aliphatic heterocycles. The average molecular weight is 419 g/mol. The van der Waals surface area contributed by atoms with Crippen LogP contribution in [0, 0.1) is 0 Å². The van der Waals surface area contributed by atoms with E-state index >= 15 is 0 Å². The summed E-state index contributed by atoms with van der Waals surface area (Å²) in [7, 11) is 7.23. The second-order valence-electron chi connectivity index (χ2n) is 6.19. The maximum atomic E-state index is 7.23. The molecule has 126 valence electrons. The molecule has 0 saturated heterocycles. The Morgan fingerprint density at radius 2 is 1.00 bits per heavy atom. The van der Waals surface area contributed by atoms with Gasteiger partial charge >= 0.3 is 162 Å². The summed E-state index contributed by atoms with van der Waals surface area (Å²) in [5.74, 6) is 0. The van der Waals surface area contributed by atoms with Crippen LogP contribution in [0.15, 0.2) is 97.1 Å². The fourth-order valence-electron chi connectivity index (χ4n) is 3.53. The zero-order valence-electron chi connectivity index (χ0n) is 14.0. The second kappa shape index (κ2) is 6.39. The zero-order chi connectivity index (χ0) is 17.5. The minimum absolute atomic E-state index is 1.14. The molecule has 0 spiro atoms. The topological polar surface area (TPSA) is 6.48 Å². The molecule has 4 aromatic rings. The SMILES string of the molecule is Cl[As]1N(c2ccccc2)c2cccc3cccc(c23)N1c1ccccc1.